The highest BCUT2D eigenvalue weighted by atomic mass is 16.6. The lowest BCUT2D eigenvalue weighted by Crippen LogP contribution is -2.32. The molecule has 0 heterocycles. The first-order chi connectivity index (χ1) is 13.8. The third-order valence-corrected chi connectivity index (χ3v) is 4.54. The minimum absolute atomic E-state index is 0.160. The van der Waals surface area contributed by atoms with Crippen molar-refractivity contribution >= 4 is 23.5 Å². The predicted octanol–water partition coefficient (Wildman–Crippen LogP) is 3.25. The Morgan fingerprint density at radius 1 is 1.03 bits per heavy atom. The van der Waals surface area contributed by atoms with Crippen LogP contribution >= 0.6 is 0 Å². The Kier molecular flexibility index (Phi) is 7.77. The maximum Gasteiger partial charge on any atom is 0.344 e. The molecule has 0 spiro atoms. The zero-order valence-corrected chi connectivity index (χ0v) is 16.8. The van der Waals surface area contributed by atoms with Gasteiger partial charge < -0.3 is 20.5 Å². The summed E-state index contributed by atoms with van der Waals surface area (Å²) in [7, 11) is 0. The Balaban J connectivity index is 1.93. The van der Waals surface area contributed by atoms with E-state index in [0.29, 0.717) is 5.69 Å². The van der Waals surface area contributed by atoms with Crippen LogP contribution in [0.2, 0.25) is 0 Å². The molecule has 0 bridgehead atoms. The number of amides is 2. The minimum atomic E-state index is -1.01. The molecule has 2 aromatic rings. The Morgan fingerprint density at radius 3 is 2.38 bits per heavy atom. The molecule has 0 aliphatic carbocycles. The van der Waals surface area contributed by atoms with Crippen molar-refractivity contribution in [3.8, 4) is 5.75 Å². The minimum Gasteiger partial charge on any atom is -0.481 e. The monoisotopic (exact) mass is 398 g/mol. The van der Waals surface area contributed by atoms with Crippen molar-refractivity contribution in [2.75, 3.05) is 11.9 Å². The van der Waals surface area contributed by atoms with E-state index in [-0.39, 0.29) is 17.2 Å². The van der Waals surface area contributed by atoms with E-state index in [0.717, 1.165) is 12.0 Å². The number of esters is 1. The molecule has 7 heteroatoms. The van der Waals surface area contributed by atoms with Crippen molar-refractivity contribution in [1.29, 1.82) is 0 Å². The number of benzene rings is 2. The number of hydrogen-bond acceptors (Lipinski definition) is 5. The molecule has 0 saturated carbocycles. The van der Waals surface area contributed by atoms with Crippen molar-refractivity contribution in [2.24, 2.45) is 5.73 Å². The van der Waals surface area contributed by atoms with Crippen molar-refractivity contribution in [1.82, 2.24) is 0 Å². The maximum atomic E-state index is 12.4. The first-order valence-corrected chi connectivity index (χ1v) is 9.44. The van der Waals surface area contributed by atoms with Crippen LogP contribution < -0.4 is 15.8 Å². The molecule has 0 fully saturated rings. The van der Waals surface area contributed by atoms with Crippen molar-refractivity contribution in [3.63, 3.8) is 0 Å². The van der Waals surface area contributed by atoms with Crippen LogP contribution in [-0.4, -0.2) is 30.5 Å². The van der Waals surface area contributed by atoms with Gasteiger partial charge in [-0.05, 0) is 43.0 Å². The highest BCUT2D eigenvalue weighted by Crippen LogP contribution is 2.26. The third kappa shape index (κ3) is 6.07. The van der Waals surface area contributed by atoms with Gasteiger partial charge in [0, 0.05) is 5.69 Å². The lowest BCUT2D eigenvalue weighted by molar-refractivity contribution is -0.155. The van der Waals surface area contributed by atoms with E-state index in [9.17, 15) is 14.4 Å². The molecule has 0 aliphatic heterocycles. The Morgan fingerprint density at radius 2 is 1.69 bits per heavy atom. The van der Waals surface area contributed by atoms with Gasteiger partial charge in [-0.3, -0.25) is 9.59 Å². The van der Waals surface area contributed by atoms with Gasteiger partial charge in [-0.2, -0.15) is 0 Å². The van der Waals surface area contributed by atoms with Crippen LogP contribution in [0.15, 0.2) is 48.5 Å². The van der Waals surface area contributed by atoms with E-state index in [1.165, 1.54) is 19.1 Å². The van der Waals surface area contributed by atoms with Crippen molar-refractivity contribution in [2.45, 2.75) is 39.2 Å². The van der Waals surface area contributed by atoms with Crippen LogP contribution in [-0.2, 0) is 14.3 Å². The number of rotatable bonds is 9. The van der Waals surface area contributed by atoms with Crippen LogP contribution in [0.4, 0.5) is 5.69 Å². The van der Waals surface area contributed by atoms with Gasteiger partial charge in [0.15, 0.2) is 12.7 Å². The normalized spacial score (nSPS) is 12.5. The third-order valence-electron chi connectivity index (χ3n) is 4.54. The van der Waals surface area contributed by atoms with Gasteiger partial charge >= 0.3 is 5.97 Å². The Hall–Kier alpha value is -3.35. The number of carbonyl (C=O) groups is 3. The Bertz CT molecular complexity index is 881. The summed E-state index contributed by atoms with van der Waals surface area (Å²) in [6, 6.07) is 13.8. The molecule has 0 saturated heterocycles. The first kappa shape index (κ1) is 21.9. The topological polar surface area (TPSA) is 108 Å². The molecule has 0 radical (unpaired) electrons. The molecule has 0 unspecified atom stereocenters. The average molecular weight is 398 g/mol. The molecule has 7 nitrogen and oxygen atoms in total. The molecule has 2 rings (SSSR count). The second-order valence-corrected chi connectivity index (χ2v) is 6.67. The zero-order chi connectivity index (χ0) is 21.4. The summed E-state index contributed by atoms with van der Waals surface area (Å²) in [5.41, 5.74) is 7.15. The van der Waals surface area contributed by atoms with Gasteiger partial charge in [0.05, 0.1) is 5.56 Å². The molecule has 2 atom stereocenters. The van der Waals surface area contributed by atoms with Gasteiger partial charge in [0.25, 0.3) is 11.8 Å². The number of nitrogens with one attached hydrogen (secondary N) is 1. The van der Waals surface area contributed by atoms with E-state index in [4.69, 9.17) is 15.2 Å². The molecule has 2 aromatic carbocycles. The summed E-state index contributed by atoms with van der Waals surface area (Å²) >= 11 is 0. The van der Waals surface area contributed by atoms with E-state index >= 15 is 0 Å². The molecule has 29 heavy (non-hydrogen) atoms. The van der Waals surface area contributed by atoms with E-state index in [1.54, 1.807) is 12.1 Å². The highest BCUT2D eigenvalue weighted by Gasteiger charge is 2.20. The second-order valence-electron chi connectivity index (χ2n) is 6.67. The zero-order valence-electron chi connectivity index (χ0n) is 16.8. The van der Waals surface area contributed by atoms with Crippen LogP contribution in [0.5, 0.6) is 5.75 Å². The fraction of sp³-hybridized carbons (Fsp3) is 0.318. The summed E-state index contributed by atoms with van der Waals surface area (Å²) in [4.78, 5) is 35.9. The fourth-order valence-electron chi connectivity index (χ4n) is 2.71. The maximum absolute atomic E-state index is 12.4. The van der Waals surface area contributed by atoms with Gasteiger partial charge in [-0.1, -0.05) is 44.2 Å². The van der Waals surface area contributed by atoms with Gasteiger partial charge in [-0.25, -0.2) is 4.79 Å². The van der Waals surface area contributed by atoms with E-state index < -0.39 is 30.5 Å². The molecule has 0 aliphatic rings. The largest absolute Gasteiger partial charge is 0.481 e. The number of primary amides is 1. The van der Waals surface area contributed by atoms with Crippen LogP contribution in [0, 0.1) is 0 Å². The standard InChI is InChI=1S/C22H26N2O5/c1-4-14(2)16-9-5-7-11-18(16)24-22(27)15(3)29-20(25)13-28-19-12-8-6-10-17(19)21(23)26/h5-12,14-15H,4,13H2,1-3H3,(H2,23,26)(H,24,27)/t14-,15+/m1/s1. The summed E-state index contributed by atoms with van der Waals surface area (Å²) in [5.74, 6) is -1.38. The average Bonchev–Trinajstić information content (AvgIpc) is 2.72. The lowest BCUT2D eigenvalue weighted by Gasteiger charge is -2.18. The predicted molar refractivity (Wildman–Crippen MR) is 110 cm³/mol. The summed E-state index contributed by atoms with van der Waals surface area (Å²) < 4.78 is 10.5. The van der Waals surface area contributed by atoms with Crippen LogP contribution in [0.25, 0.3) is 0 Å². The number of anilines is 1. The number of nitrogens with two attached hydrogens (primary N) is 1. The number of para-hydroxylation sites is 2. The SMILES string of the molecule is CC[C@@H](C)c1ccccc1NC(=O)[C@H](C)OC(=O)COc1ccccc1C(N)=O. The first-order valence-electron chi connectivity index (χ1n) is 9.44. The molecule has 2 amide bonds. The van der Waals surface area contributed by atoms with E-state index in [2.05, 4.69) is 19.2 Å². The van der Waals surface area contributed by atoms with Crippen LogP contribution in [0.3, 0.4) is 0 Å². The second kappa shape index (κ2) is 10.3. The smallest absolute Gasteiger partial charge is 0.344 e. The fourth-order valence-corrected chi connectivity index (χ4v) is 2.71. The lowest BCUT2D eigenvalue weighted by atomic mass is 9.97. The summed E-state index contributed by atoms with van der Waals surface area (Å²) in [6.07, 6.45) is -0.0795. The highest BCUT2D eigenvalue weighted by molar-refractivity contribution is 5.96. The quantitative estimate of drug-likeness (QED) is 0.631. The molecular weight excluding hydrogens is 372 g/mol. The van der Waals surface area contributed by atoms with Crippen molar-refractivity contribution < 1.29 is 23.9 Å². The van der Waals surface area contributed by atoms with Gasteiger partial charge in [0.1, 0.15) is 5.75 Å². The number of ether oxygens (including phenoxy) is 2. The molecular formula is C22H26N2O5. The molecule has 3 N–H and O–H groups in total. The van der Waals surface area contributed by atoms with Gasteiger partial charge in [0.2, 0.25) is 0 Å². The summed E-state index contributed by atoms with van der Waals surface area (Å²) in [5, 5.41) is 2.81. The molecule has 0 aromatic heterocycles. The van der Waals surface area contributed by atoms with Crippen LogP contribution in [0.1, 0.15) is 49.0 Å². The Labute approximate surface area is 170 Å². The summed E-state index contributed by atoms with van der Waals surface area (Å²) in [6.45, 7) is 5.18. The van der Waals surface area contributed by atoms with E-state index in [1.807, 2.05) is 24.3 Å². The number of hydrogen-bond donors (Lipinski definition) is 2. The van der Waals surface area contributed by atoms with Gasteiger partial charge in [-0.15, -0.1) is 0 Å². The molecule has 154 valence electrons. The van der Waals surface area contributed by atoms with Crippen molar-refractivity contribution in [3.05, 3.63) is 59.7 Å². The number of carbonyl (C=O) groups excluding carboxylic acids is 3.